The number of Topliss-reactive ketones (excluding diaryl/α,β-unsaturated/α-hetero) is 1. The first-order valence-corrected chi connectivity index (χ1v) is 10.3. The lowest BCUT2D eigenvalue weighted by Gasteiger charge is -2.60. The van der Waals surface area contributed by atoms with E-state index in [0.29, 0.717) is 35.9 Å². The van der Waals surface area contributed by atoms with Crippen molar-refractivity contribution < 1.29 is 9.59 Å². The van der Waals surface area contributed by atoms with Gasteiger partial charge in [0, 0.05) is 24.4 Å². The van der Waals surface area contributed by atoms with Gasteiger partial charge in [0.05, 0.1) is 0 Å². The standard InChI is InChI=1S/C21H32BNO2/c1-20-10-8-15-13(14(20)5-6-16(20)17(24)12-22)4-7-18-21(15,2)11-9-19(25)23(18)3/h9,11,13-16,18H,4-8,10,12,22H2,1-3H3/t13?,14-,15?,16+,18+,20-,21+/m0/s1. The van der Waals surface area contributed by atoms with E-state index < -0.39 is 0 Å². The van der Waals surface area contributed by atoms with Crippen LogP contribution < -0.4 is 0 Å². The monoisotopic (exact) mass is 341 g/mol. The average molecular weight is 341 g/mol. The molecule has 2 unspecified atom stereocenters. The molecule has 3 saturated carbocycles. The highest BCUT2D eigenvalue weighted by Gasteiger charge is 2.61. The number of rotatable bonds is 2. The Balaban J connectivity index is 1.65. The van der Waals surface area contributed by atoms with Crippen molar-refractivity contribution >= 4 is 19.5 Å². The van der Waals surface area contributed by atoms with Gasteiger partial charge in [0.15, 0.2) is 0 Å². The van der Waals surface area contributed by atoms with E-state index in [4.69, 9.17) is 0 Å². The first-order valence-electron chi connectivity index (χ1n) is 10.3. The second kappa shape index (κ2) is 5.72. The SMILES string of the molecule is BCC(=O)[C@H]1CC[C@H]2C3CC[C@H]4N(C)C(=O)C=C[C@]4(C)C3CC[C@]12C. The molecule has 3 nitrogen and oxygen atoms in total. The van der Waals surface area contributed by atoms with Crippen molar-refractivity contribution in [1.82, 2.24) is 4.90 Å². The average Bonchev–Trinajstić information content (AvgIpc) is 2.95. The fraction of sp³-hybridized carbons (Fsp3) is 0.810. The Kier molecular flexibility index (Phi) is 3.97. The number of carbonyl (C=O) groups is 2. The van der Waals surface area contributed by atoms with Crippen LogP contribution in [-0.2, 0) is 9.59 Å². The first-order chi connectivity index (χ1) is 11.8. The predicted molar refractivity (Wildman–Crippen MR) is 102 cm³/mol. The maximum atomic E-state index is 12.5. The van der Waals surface area contributed by atoms with Gasteiger partial charge in [-0.1, -0.05) is 19.9 Å². The molecule has 1 aliphatic heterocycles. The molecular weight excluding hydrogens is 309 g/mol. The van der Waals surface area contributed by atoms with Crippen molar-refractivity contribution in [3.05, 3.63) is 12.2 Å². The Hall–Kier alpha value is -1.06. The molecule has 4 heteroatoms. The summed E-state index contributed by atoms with van der Waals surface area (Å²) in [6.45, 7) is 4.81. The summed E-state index contributed by atoms with van der Waals surface area (Å²) in [6.07, 6.45) is 11.8. The molecule has 3 fully saturated rings. The molecule has 0 saturated heterocycles. The van der Waals surface area contributed by atoms with Gasteiger partial charge in [-0.25, -0.2) is 0 Å². The van der Waals surface area contributed by atoms with Crippen LogP contribution in [0.5, 0.6) is 0 Å². The normalized spacial score (nSPS) is 48.7. The third-order valence-electron chi connectivity index (χ3n) is 8.86. The lowest BCUT2D eigenvalue weighted by molar-refractivity contribution is -0.141. The summed E-state index contributed by atoms with van der Waals surface area (Å²) in [5.41, 5.74) is 0.331. The largest absolute Gasteiger partial charge is 0.338 e. The summed E-state index contributed by atoms with van der Waals surface area (Å²) in [5, 5.41) is 0. The smallest absolute Gasteiger partial charge is 0.246 e. The van der Waals surface area contributed by atoms with Gasteiger partial charge in [0.25, 0.3) is 0 Å². The van der Waals surface area contributed by atoms with Crippen molar-refractivity contribution in [1.29, 1.82) is 0 Å². The van der Waals surface area contributed by atoms with E-state index in [-0.39, 0.29) is 16.7 Å². The predicted octanol–water partition coefficient (Wildman–Crippen LogP) is 2.86. The Morgan fingerprint density at radius 1 is 1.20 bits per heavy atom. The lowest BCUT2D eigenvalue weighted by Crippen LogP contribution is -2.59. The third kappa shape index (κ3) is 2.25. The van der Waals surface area contributed by atoms with Gasteiger partial charge in [-0.05, 0) is 74.1 Å². The zero-order valence-corrected chi connectivity index (χ0v) is 16.3. The van der Waals surface area contributed by atoms with Crippen LogP contribution in [0.2, 0.25) is 6.32 Å². The fourth-order valence-corrected chi connectivity index (χ4v) is 7.51. The quantitative estimate of drug-likeness (QED) is 0.725. The van der Waals surface area contributed by atoms with Crippen LogP contribution in [0.3, 0.4) is 0 Å². The maximum absolute atomic E-state index is 12.5. The molecule has 136 valence electrons. The number of likely N-dealkylation sites (N-methyl/N-ethyl adjacent to an activating group) is 1. The molecule has 25 heavy (non-hydrogen) atoms. The summed E-state index contributed by atoms with van der Waals surface area (Å²) in [4.78, 5) is 26.7. The number of ketones is 1. The van der Waals surface area contributed by atoms with Gasteiger partial charge in [0.2, 0.25) is 5.91 Å². The molecule has 0 N–H and O–H groups in total. The molecule has 0 aromatic carbocycles. The van der Waals surface area contributed by atoms with Gasteiger partial charge < -0.3 is 9.69 Å². The minimum absolute atomic E-state index is 0.111. The third-order valence-corrected chi connectivity index (χ3v) is 8.86. The molecule has 0 radical (unpaired) electrons. The van der Waals surface area contributed by atoms with Gasteiger partial charge >= 0.3 is 0 Å². The summed E-state index contributed by atoms with van der Waals surface area (Å²) in [5.74, 6) is 3.02. The number of carbonyl (C=O) groups excluding carboxylic acids is 2. The van der Waals surface area contributed by atoms with E-state index >= 15 is 0 Å². The van der Waals surface area contributed by atoms with Crippen LogP contribution in [0.25, 0.3) is 0 Å². The zero-order valence-electron chi connectivity index (χ0n) is 16.3. The van der Waals surface area contributed by atoms with E-state index in [1.54, 1.807) is 0 Å². The zero-order chi connectivity index (χ0) is 18.0. The molecule has 0 aromatic rings. The van der Waals surface area contributed by atoms with E-state index in [1.165, 1.54) is 25.7 Å². The Morgan fingerprint density at radius 2 is 1.96 bits per heavy atom. The molecule has 0 spiro atoms. The van der Waals surface area contributed by atoms with Crippen LogP contribution in [0.4, 0.5) is 0 Å². The van der Waals surface area contributed by atoms with Gasteiger partial charge in [-0.2, -0.15) is 0 Å². The van der Waals surface area contributed by atoms with Crippen LogP contribution in [-0.4, -0.2) is 37.5 Å². The minimum atomic E-state index is 0.111. The Bertz CT molecular complexity index is 631. The van der Waals surface area contributed by atoms with Crippen LogP contribution in [0, 0.1) is 34.5 Å². The number of hydrogen-bond acceptors (Lipinski definition) is 2. The van der Waals surface area contributed by atoms with Crippen molar-refractivity contribution in [2.45, 2.75) is 64.7 Å². The van der Waals surface area contributed by atoms with Crippen LogP contribution >= 0.6 is 0 Å². The minimum Gasteiger partial charge on any atom is -0.338 e. The van der Waals surface area contributed by atoms with E-state index in [0.717, 1.165) is 18.8 Å². The molecule has 4 aliphatic rings. The summed E-state index contributed by atoms with van der Waals surface area (Å²) < 4.78 is 0. The topological polar surface area (TPSA) is 37.4 Å². The first kappa shape index (κ1) is 17.4. The van der Waals surface area contributed by atoms with E-state index in [2.05, 4.69) is 19.9 Å². The second-order valence-electron chi connectivity index (χ2n) is 9.61. The van der Waals surface area contributed by atoms with E-state index in [9.17, 15) is 9.59 Å². The van der Waals surface area contributed by atoms with Crippen LogP contribution in [0.1, 0.15) is 52.4 Å². The van der Waals surface area contributed by atoms with Crippen LogP contribution in [0.15, 0.2) is 12.2 Å². The highest BCUT2D eigenvalue weighted by Crippen LogP contribution is 2.65. The van der Waals surface area contributed by atoms with Crippen molar-refractivity contribution in [2.75, 3.05) is 7.05 Å². The molecule has 4 rings (SSSR count). The summed E-state index contributed by atoms with van der Waals surface area (Å²) >= 11 is 0. The molecule has 1 heterocycles. The van der Waals surface area contributed by atoms with Crippen molar-refractivity contribution in [3.8, 4) is 0 Å². The lowest BCUT2D eigenvalue weighted by atomic mass is 9.47. The number of nitrogens with zero attached hydrogens (tertiary/aromatic N) is 1. The number of hydrogen-bond donors (Lipinski definition) is 0. The van der Waals surface area contributed by atoms with E-state index in [1.807, 2.05) is 25.9 Å². The number of fused-ring (bicyclic) bond motifs is 5. The summed E-state index contributed by atoms with van der Waals surface area (Å²) in [6, 6.07) is 0.352. The highest BCUT2D eigenvalue weighted by atomic mass is 16.2. The van der Waals surface area contributed by atoms with Gasteiger partial charge in [-0.3, -0.25) is 4.79 Å². The Morgan fingerprint density at radius 3 is 2.68 bits per heavy atom. The molecule has 0 bridgehead atoms. The molecule has 3 aliphatic carbocycles. The van der Waals surface area contributed by atoms with Crippen molar-refractivity contribution in [2.24, 2.45) is 34.5 Å². The second-order valence-corrected chi connectivity index (χ2v) is 9.61. The van der Waals surface area contributed by atoms with Gasteiger partial charge in [-0.15, -0.1) is 0 Å². The highest BCUT2D eigenvalue weighted by molar-refractivity contribution is 6.20. The maximum Gasteiger partial charge on any atom is 0.246 e. The molecule has 1 amide bonds. The van der Waals surface area contributed by atoms with Gasteiger partial charge in [0.1, 0.15) is 13.6 Å². The van der Waals surface area contributed by atoms with Crippen molar-refractivity contribution in [3.63, 3.8) is 0 Å². The molecular formula is C21H32BNO2. The Labute approximate surface area is 153 Å². The molecule has 7 atom stereocenters. The fourth-order valence-electron chi connectivity index (χ4n) is 7.51. The number of amides is 1. The summed E-state index contributed by atoms with van der Waals surface area (Å²) in [7, 11) is 4.00. The molecule has 0 aromatic heterocycles.